The number of carbonyl (C=O) groups excluding carboxylic acids is 3. The van der Waals surface area contributed by atoms with E-state index in [2.05, 4.69) is 10.6 Å². The smallest absolute Gasteiger partial charge is 0.257 e. The fourth-order valence-corrected chi connectivity index (χ4v) is 4.42. The standard InChI is InChI=1S/C25H27F2N3O5/c1-3-28-23(31)12-16-6-8-20-22(35-16)13-34-21-9-5-15(11-17(21)25(33)30(20)2)29-24(32)14-4-7-18(26)19(27)10-14/h4-5,7,9-11,16,20,22H,3,6,8,12-13H2,1-2H3,(H,28,31)(H,29,32)/t16-,20+,22-/m0/s1. The number of benzene rings is 2. The van der Waals surface area contributed by atoms with Crippen molar-refractivity contribution in [2.45, 2.75) is 44.4 Å². The van der Waals surface area contributed by atoms with Gasteiger partial charge in [-0.15, -0.1) is 0 Å². The maximum Gasteiger partial charge on any atom is 0.257 e. The lowest BCUT2D eigenvalue weighted by Gasteiger charge is -2.42. The summed E-state index contributed by atoms with van der Waals surface area (Å²) in [6.45, 7) is 2.61. The molecule has 3 amide bonds. The van der Waals surface area contributed by atoms with Gasteiger partial charge in [0.05, 0.1) is 24.1 Å². The molecule has 2 aliphatic heterocycles. The zero-order chi connectivity index (χ0) is 25.1. The van der Waals surface area contributed by atoms with Crippen LogP contribution in [0.2, 0.25) is 0 Å². The van der Waals surface area contributed by atoms with Crippen LogP contribution in [0.15, 0.2) is 36.4 Å². The first-order chi connectivity index (χ1) is 16.8. The van der Waals surface area contributed by atoms with Gasteiger partial charge in [0.15, 0.2) is 11.6 Å². The molecule has 3 atom stereocenters. The average Bonchev–Trinajstić information content (AvgIpc) is 2.83. The molecule has 2 N–H and O–H groups in total. The molecule has 0 saturated carbocycles. The van der Waals surface area contributed by atoms with Crippen molar-refractivity contribution in [3.63, 3.8) is 0 Å². The largest absolute Gasteiger partial charge is 0.490 e. The molecule has 4 rings (SSSR count). The molecule has 1 saturated heterocycles. The monoisotopic (exact) mass is 487 g/mol. The zero-order valence-corrected chi connectivity index (χ0v) is 19.5. The Bertz CT molecular complexity index is 1140. The zero-order valence-electron chi connectivity index (χ0n) is 19.5. The van der Waals surface area contributed by atoms with Crippen molar-refractivity contribution >= 4 is 23.4 Å². The van der Waals surface area contributed by atoms with Gasteiger partial charge in [-0.25, -0.2) is 8.78 Å². The van der Waals surface area contributed by atoms with Crippen LogP contribution in [0.4, 0.5) is 14.5 Å². The first-order valence-electron chi connectivity index (χ1n) is 11.5. The minimum atomic E-state index is -1.13. The molecule has 0 unspecified atom stereocenters. The van der Waals surface area contributed by atoms with E-state index >= 15 is 0 Å². The Morgan fingerprint density at radius 1 is 1.11 bits per heavy atom. The number of hydrogen-bond acceptors (Lipinski definition) is 5. The summed E-state index contributed by atoms with van der Waals surface area (Å²) in [4.78, 5) is 39.3. The van der Waals surface area contributed by atoms with Crippen molar-refractivity contribution in [1.82, 2.24) is 10.2 Å². The van der Waals surface area contributed by atoms with Crippen LogP contribution in [0.3, 0.4) is 0 Å². The quantitative estimate of drug-likeness (QED) is 0.676. The highest BCUT2D eigenvalue weighted by Gasteiger charge is 2.39. The molecule has 2 heterocycles. The second-order valence-corrected chi connectivity index (χ2v) is 8.62. The first kappa shape index (κ1) is 24.6. The van der Waals surface area contributed by atoms with Gasteiger partial charge in [-0.3, -0.25) is 14.4 Å². The topological polar surface area (TPSA) is 97.0 Å². The molecule has 0 spiro atoms. The molecule has 8 nitrogen and oxygen atoms in total. The fraction of sp³-hybridized carbons (Fsp3) is 0.400. The second kappa shape index (κ2) is 10.4. The van der Waals surface area contributed by atoms with Crippen LogP contribution in [0.5, 0.6) is 5.75 Å². The molecular formula is C25H27F2N3O5. The summed E-state index contributed by atoms with van der Waals surface area (Å²) in [5, 5.41) is 5.37. The predicted octanol–water partition coefficient (Wildman–Crippen LogP) is 3.12. The number of anilines is 1. The third-order valence-electron chi connectivity index (χ3n) is 6.24. The van der Waals surface area contributed by atoms with Crippen molar-refractivity contribution in [2.24, 2.45) is 0 Å². The van der Waals surface area contributed by atoms with Crippen LogP contribution in [0, 0.1) is 11.6 Å². The number of rotatable bonds is 5. The van der Waals surface area contributed by atoms with Crippen molar-refractivity contribution in [3.8, 4) is 5.75 Å². The molecular weight excluding hydrogens is 460 g/mol. The van der Waals surface area contributed by atoms with Crippen LogP contribution in [0.1, 0.15) is 46.9 Å². The summed E-state index contributed by atoms with van der Waals surface area (Å²) >= 11 is 0. The maximum atomic E-state index is 13.5. The van der Waals surface area contributed by atoms with E-state index < -0.39 is 23.6 Å². The van der Waals surface area contributed by atoms with E-state index in [-0.39, 0.29) is 48.1 Å². The van der Waals surface area contributed by atoms with Gasteiger partial charge in [0.2, 0.25) is 5.91 Å². The highest BCUT2D eigenvalue weighted by Crippen LogP contribution is 2.32. The van der Waals surface area contributed by atoms with E-state index in [0.717, 1.165) is 12.1 Å². The molecule has 0 bridgehead atoms. The molecule has 186 valence electrons. The van der Waals surface area contributed by atoms with Gasteiger partial charge in [0, 0.05) is 24.8 Å². The van der Waals surface area contributed by atoms with Crippen LogP contribution < -0.4 is 15.4 Å². The molecule has 2 aromatic rings. The number of hydrogen-bond donors (Lipinski definition) is 2. The van der Waals surface area contributed by atoms with Crippen molar-refractivity contribution in [3.05, 3.63) is 59.2 Å². The highest BCUT2D eigenvalue weighted by atomic mass is 19.2. The van der Waals surface area contributed by atoms with E-state index in [1.54, 1.807) is 24.1 Å². The molecule has 1 fully saturated rings. The summed E-state index contributed by atoms with van der Waals surface area (Å²) in [7, 11) is 1.69. The Labute approximate surface area is 201 Å². The second-order valence-electron chi connectivity index (χ2n) is 8.62. The SMILES string of the molecule is CCNC(=O)C[C@@H]1CC[C@@H]2[C@H](COc3ccc(NC(=O)c4ccc(F)c(F)c4)cc3C(=O)N2C)O1. The number of ether oxygens (including phenoxy) is 2. The van der Waals surface area contributed by atoms with E-state index in [1.165, 1.54) is 12.1 Å². The number of fused-ring (bicyclic) bond motifs is 2. The van der Waals surface area contributed by atoms with Gasteiger partial charge in [-0.05, 0) is 56.2 Å². The molecule has 2 aromatic carbocycles. The Balaban J connectivity index is 1.49. The normalized spacial score (nSPS) is 21.7. The number of carbonyl (C=O) groups is 3. The minimum absolute atomic E-state index is 0.0558. The fourth-order valence-electron chi connectivity index (χ4n) is 4.42. The molecule has 0 radical (unpaired) electrons. The Kier molecular flexibility index (Phi) is 7.30. The van der Waals surface area contributed by atoms with Crippen LogP contribution >= 0.6 is 0 Å². The van der Waals surface area contributed by atoms with E-state index in [9.17, 15) is 23.2 Å². The predicted molar refractivity (Wildman–Crippen MR) is 123 cm³/mol. The van der Waals surface area contributed by atoms with Crippen molar-refractivity contribution < 1.29 is 32.6 Å². The van der Waals surface area contributed by atoms with Crippen LogP contribution in [-0.2, 0) is 9.53 Å². The lowest BCUT2D eigenvalue weighted by Crippen LogP contribution is -2.54. The molecule has 2 aliphatic rings. The van der Waals surface area contributed by atoms with E-state index in [4.69, 9.17) is 9.47 Å². The molecule has 10 heteroatoms. The Hall–Kier alpha value is -3.53. The number of halogens is 2. The summed E-state index contributed by atoms with van der Waals surface area (Å²) in [6, 6.07) is 7.24. The van der Waals surface area contributed by atoms with Crippen LogP contribution in [0.25, 0.3) is 0 Å². The first-order valence-corrected chi connectivity index (χ1v) is 11.5. The average molecular weight is 488 g/mol. The minimum Gasteiger partial charge on any atom is -0.490 e. The van der Waals surface area contributed by atoms with Gasteiger partial charge < -0.3 is 25.0 Å². The summed E-state index contributed by atoms with van der Waals surface area (Å²) in [5.41, 5.74) is 0.515. The summed E-state index contributed by atoms with van der Waals surface area (Å²) in [6.07, 6.45) is 0.905. The number of nitrogens with zero attached hydrogens (tertiary/aromatic N) is 1. The Morgan fingerprint density at radius 3 is 2.66 bits per heavy atom. The lowest BCUT2D eigenvalue weighted by molar-refractivity contribution is -0.133. The molecule has 35 heavy (non-hydrogen) atoms. The maximum absolute atomic E-state index is 13.5. The van der Waals surface area contributed by atoms with Crippen molar-refractivity contribution in [2.75, 3.05) is 25.5 Å². The van der Waals surface area contributed by atoms with Gasteiger partial charge in [0.25, 0.3) is 11.8 Å². The van der Waals surface area contributed by atoms with Gasteiger partial charge in [-0.2, -0.15) is 0 Å². The highest BCUT2D eigenvalue weighted by molar-refractivity contribution is 6.05. The van der Waals surface area contributed by atoms with E-state index in [1.807, 2.05) is 6.92 Å². The molecule has 0 aliphatic carbocycles. The Morgan fingerprint density at radius 2 is 1.91 bits per heavy atom. The number of nitrogens with one attached hydrogen (secondary N) is 2. The van der Waals surface area contributed by atoms with Crippen molar-refractivity contribution in [1.29, 1.82) is 0 Å². The number of likely N-dealkylation sites (N-methyl/N-ethyl adjacent to an activating group) is 1. The third-order valence-corrected chi connectivity index (χ3v) is 6.24. The lowest BCUT2D eigenvalue weighted by atomic mass is 9.94. The van der Waals surface area contributed by atoms with Gasteiger partial charge >= 0.3 is 0 Å². The summed E-state index contributed by atoms with van der Waals surface area (Å²) in [5.74, 6) is -2.86. The molecule has 0 aromatic heterocycles. The summed E-state index contributed by atoms with van der Waals surface area (Å²) < 4.78 is 38.7. The third kappa shape index (κ3) is 5.43. The van der Waals surface area contributed by atoms with E-state index in [0.29, 0.717) is 30.8 Å². The number of amides is 3. The van der Waals surface area contributed by atoms with Crippen LogP contribution in [-0.4, -0.2) is 61.1 Å². The van der Waals surface area contributed by atoms with Gasteiger partial charge in [-0.1, -0.05) is 0 Å². The van der Waals surface area contributed by atoms with Gasteiger partial charge in [0.1, 0.15) is 18.5 Å².